The summed E-state index contributed by atoms with van der Waals surface area (Å²) in [4.78, 5) is 14.6. The summed E-state index contributed by atoms with van der Waals surface area (Å²) in [6.45, 7) is 4.89. The van der Waals surface area contributed by atoms with Crippen molar-refractivity contribution in [2.45, 2.75) is 32.2 Å². The number of carbonyl (C=O) groups is 1. The molecule has 1 aliphatic rings. The molecule has 2 rings (SSSR count). The summed E-state index contributed by atoms with van der Waals surface area (Å²) < 4.78 is 18.4. The fourth-order valence-electron chi connectivity index (χ4n) is 2.80. The van der Waals surface area contributed by atoms with E-state index in [1.807, 2.05) is 0 Å². The molecule has 1 aromatic rings. The topological polar surface area (TPSA) is 41.6 Å². The van der Waals surface area contributed by atoms with Crippen LogP contribution in [0.3, 0.4) is 0 Å². The van der Waals surface area contributed by atoms with Crippen LogP contribution in [-0.2, 0) is 0 Å². The molecule has 1 saturated heterocycles. The lowest BCUT2D eigenvalue weighted by atomic mass is 10.1. The number of hydrogen-bond donors (Lipinski definition) is 1. The first-order valence-corrected chi connectivity index (χ1v) is 7.51. The van der Waals surface area contributed by atoms with Gasteiger partial charge in [0.25, 0.3) is 5.91 Å². The molecule has 0 aromatic heterocycles. The first kappa shape index (κ1) is 15.8. The summed E-state index contributed by atoms with van der Waals surface area (Å²) in [5, 5.41) is 2.90. The first-order chi connectivity index (χ1) is 10.2. The summed E-state index contributed by atoms with van der Waals surface area (Å²) in [6.07, 6.45) is 3.44. The molecular formula is C16H23FN2O2. The van der Waals surface area contributed by atoms with Crippen molar-refractivity contribution in [1.82, 2.24) is 10.2 Å². The van der Waals surface area contributed by atoms with E-state index in [9.17, 15) is 9.18 Å². The zero-order valence-corrected chi connectivity index (χ0v) is 12.7. The number of ether oxygens (including phenoxy) is 1. The Morgan fingerprint density at radius 2 is 2.14 bits per heavy atom. The SMILES string of the molecule is CC[C@@H](CNC(=O)c1cc(F)ccc1OC)N1CCCC1. The summed E-state index contributed by atoms with van der Waals surface area (Å²) in [7, 11) is 1.48. The van der Waals surface area contributed by atoms with Crippen LogP contribution in [0.1, 0.15) is 36.5 Å². The minimum Gasteiger partial charge on any atom is -0.496 e. The third-order valence-electron chi connectivity index (χ3n) is 4.03. The van der Waals surface area contributed by atoms with Crippen molar-refractivity contribution >= 4 is 5.91 Å². The van der Waals surface area contributed by atoms with Crippen LogP contribution < -0.4 is 10.1 Å². The van der Waals surface area contributed by atoms with Gasteiger partial charge in [-0.15, -0.1) is 0 Å². The molecule has 1 fully saturated rings. The lowest BCUT2D eigenvalue weighted by molar-refractivity contribution is 0.0933. The van der Waals surface area contributed by atoms with Gasteiger partial charge in [-0.25, -0.2) is 4.39 Å². The number of nitrogens with zero attached hydrogens (tertiary/aromatic N) is 1. The predicted molar refractivity (Wildman–Crippen MR) is 80.2 cm³/mol. The molecule has 1 aromatic carbocycles. The molecule has 0 bridgehead atoms. The van der Waals surface area contributed by atoms with Crippen LogP contribution in [0.2, 0.25) is 0 Å². The Labute approximate surface area is 125 Å². The summed E-state index contributed by atoms with van der Waals surface area (Å²) in [5.74, 6) is -0.334. The highest BCUT2D eigenvalue weighted by Gasteiger charge is 2.21. The van der Waals surface area contributed by atoms with Gasteiger partial charge in [0.1, 0.15) is 11.6 Å². The van der Waals surface area contributed by atoms with E-state index in [1.165, 1.54) is 38.2 Å². The van der Waals surface area contributed by atoms with Crippen LogP contribution in [0.25, 0.3) is 0 Å². The van der Waals surface area contributed by atoms with E-state index >= 15 is 0 Å². The van der Waals surface area contributed by atoms with Gasteiger partial charge in [-0.1, -0.05) is 6.92 Å². The van der Waals surface area contributed by atoms with E-state index in [1.54, 1.807) is 0 Å². The van der Waals surface area contributed by atoms with Crippen molar-refractivity contribution in [3.8, 4) is 5.75 Å². The Balaban J connectivity index is 1.99. The van der Waals surface area contributed by atoms with Crippen LogP contribution in [0, 0.1) is 5.82 Å². The van der Waals surface area contributed by atoms with E-state index in [-0.39, 0.29) is 11.5 Å². The number of carbonyl (C=O) groups excluding carboxylic acids is 1. The molecule has 1 atom stereocenters. The fourth-order valence-corrected chi connectivity index (χ4v) is 2.80. The molecule has 0 unspecified atom stereocenters. The molecule has 0 aliphatic carbocycles. The van der Waals surface area contributed by atoms with Gasteiger partial charge in [-0.2, -0.15) is 0 Å². The number of benzene rings is 1. The highest BCUT2D eigenvalue weighted by Crippen LogP contribution is 2.19. The standard InChI is InChI=1S/C16H23FN2O2/c1-3-13(19-8-4-5-9-19)11-18-16(20)14-10-12(17)6-7-15(14)21-2/h6-7,10,13H,3-5,8-9,11H2,1-2H3,(H,18,20)/t13-/m0/s1. The molecule has 0 radical (unpaired) electrons. The van der Waals surface area contributed by atoms with Crippen molar-refractivity contribution in [2.24, 2.45) is 0 Å². The van der Waals surface area contributed by atoms with Gasteiger partial charge < -0.3 is 10.1 Å². The van der Waals surface area contributed by atoms with Gasteiger partial charge in [0.2, 0.25) is 0 Å². The summed E-state index contributed by atoms with van der Waals surface area (Å²) in [5.41, 5.74) is 0.244. The monoisotopic (exact) mass is 294 g/mol. The average Bonchev–Trinajstić information content (AvgIpc) is 3.02. The Kier molecular flexibility index (Phi) is 5.56. The third kappa shape index (κ3) is 3.94. The maximum Gasteiger partial charge on any atom is 0.255 e. The second-order valence-corrected chi connectivity index (χ2v) is 5.36. The van der Waals surface area contributed by atoms with Gasteiger partial charge in [0, 0.05) is 12.6 Å². The van der Waals surface area contributed by atoms with E-state index < -0.39 is 5.82 Å². The highest BCUT2D eigenvalue weighted by atomic mass is 19.1. The van der Waals surface area contributed by atoms with E-state index in [0.717, 1.165) is 19.5 Å². The van der Waals surface area contributed by atoms with Gasteiger partial charge in [-0.3, -0.25) is 9.69 Å². The quantitative estimate of drug-likeness (QED) is 0.876. The fraction of sp³-hybridized carbons (Fsp3) is 0.562. The molecule has 0 spiro atoms. The first-order valence-electron chi connectivity index (χ1n) is 7.51. The largest absolute Gasteiger partial charge is 0.496 e. The molecule has 116 valence electrons. The Morgan fingerprint density at radius 3 is 2.76 bits per heavy atom. The zero-order chi connectivity index (χ0) is 15.2. The van der Waals surface area contributed by atoms with Crippen molar-refractivity contribution < 1.29 is 13.9 Å². The predicted octanol–water partition coefficient (Wildman–Crippen LogP) is 2.44. The molecule has 0 saturated carbocycles. The van der Waals surface area contributed by atoms with Crippen molar-refractivity contribution in [2.75, 3.05) is 26.7 Å². The number of halogens is 1. The Bertz CT molecular complexity index is 487. The lowest BCUT2D eigenvalue weighted by Gasteiger charge is -2.26. The normalized spacial score (nSPS) is 16.7. The third-order valence-corrected chi connectivity index (χ3v) is 4.03. The maximum atomic E-state index is 13.3. The molecule has 1 amide bonds. The molecule has 1 N–H and O–H groups in total. The number of methoxy groups -OCH3 is 1. The van der Waals surface area contributed by atoms with Gasteiger partial charge in [0.15, 0.2) is 0 Å². The molecular weight excluding hydrogens is 271 g/mol. The summed E-state index contributed by atoms with van der Waals surface area (Å²) in [6, 6.07) is 4.32. The van der Waals surface area contributed by atoms with Crippen LogP contribution in [-0.4, -0.2) is 43.6 Å². The van der Waals surface area contributed by atoms with Gasteiger partial charge >= 0.3 is 0 Å². The number of rotatable bonds is 6. The number of hydrogen-bond acceptors (Lipinski definition) is 3. The molecule has 1 heterocycles. The molecule has 5 heteroatoms. The smallest absolute Gasteiger partial charge is 0.255 e. The van der Waals surface area contributed by atoms with Crippen LogP contribution in [0.5, 0.6) is 5.75 Å². The summed E-state index contributed by atoms with van der Waals surface area (Å²) >= 11 is 0. The number of amides is 1. The van der Waals surface area contributed by atoms with Crippen LogP contribution in [0.15, 0.2) is 18.2 Å². The van der Waals surface area contributed by atoms with Gasteiger partial charge in [-0.05, 0) is 50.6 Å². The lowest BCUT2D eigenvalue weighted by Crippen LogP contribution is -2.42. The highest BCUT2D eigenvalue weighted by molar-refractivity contribution is 5.96. The number of nitrogens with one attached hydrogen (secondary N) is 1. The molecule has 21 heavy (non-hydrogen) atoms. The van der Waals surface area contributed by atoms with Crippen molar-refractivity contribution in [3.05, 3.63) is 29.6 Å². The van der Waals surface area contributed by atoms with Gasteiger partial charge in [0.05, 0.1) is 12.7 Å². The van der Waals surface area contributed by atoms with Crippen molar-refractivity contribution in [3.63, 3.8) is 0 Å². The number of likely N-dealkylation sites (tertiary alicyclic amines) is 1. The van der Waals surface area contributed by atoms with Crippen LogP contribution >= 0.6 is 0 Å². The average molecular weight is 294 g/mol. The minimum atomic E-state index is -0.437. The van der Waals surface area contributed by atoms with E-state index in [2.05, 4.69) is 17.1 Å². The molecule has 1 aliphatic heterocycles. The van der Waals surface area contributed by atoms with Crippen molar-refractivity contribution in [1.29, 1.82) is 0 Å². The maximum absolute atomic E-state index is 13.3. The Morgan fingerprint density at radius 1 is 1.43 bits per heavy atom. The van der Waals surface area contributed by atoms with E-state index in [4.69, 9.17) is 4.74 Å². The van der Waals surface area contributed by atoms with E-state index in [0.29, 0.717) is 18.3 Å². The Hall–Kier alpha value is -1.62. The second-order valence-electron chi connectivity index (χ2n) is 5.36. The zero-order valence-electron chi connectivity index (χ0n) is 12.7. The minimum absolute atomic E-state index is 0.244. The second kappa shape index (κ2) is 7.41. The molecule has 4 nitrogen and oxygen atoms in total. The van der Waals surface area contributed by atoms with Crippen LogP contribution in [0.4, 0.5) is 4.39 Å².